The number of allylic oxidation sites excluding steroid dienone is 1. The van der Waals surface area contributed by atoms with E-state index in [0.29, 0.717) is 16.8 Å². The largest absolute Gasteiger partial charge is 0.379 e. The van der Waals surface area contributed by atoms with E-state index in [1.54, 1.807) is 11.9 Å². The third-order valence-electron chi connectivity index (χ3n) is 10.5. The summed E-state index contributed by atoms with van der Waals surface area (Å²) in [6.45, 7) is 13.9. The van der Waals surface area contributed by atoms with Crippen LogP contribution in [0.1, 0.15) is 47.0 Å². The molecule has 5 rings (SSSR count). The number of halogens is 1. The predicted molar refractivity (Wildman–Crippen MR) is 141 cm³/mol. The Labute approximate surface area is 220 Å². The van der Waals surface area contributed by atoms with Gasteiger partial charge in [0.05, 0.1) is 31.8 Å². The summed E-state index contributed by atoms with van der Waals surface area (Å²) in [5, 5.41) is 6.80. The number of nitrogens with one attached hydrogen (secondary N) is 3. The van der Waals surface area contributed by atoms with Crippen LogP contribution in [0.4, 0.5) is 4.39 Å². The van der Waals surface area contributed by atoms with Gasteiger partial charge in [0.15, 0.2) is 5.83 Å². The van der Waals surface area contributed by atoms with Crippen molar-refractivity contribution in [1.82, 2.24) is 20.3 Å². The number of carbonyl (C=O) groups is 1. The molecule has 0 aromatic carbocycles. The van der Waals surface area contributed by atoms with Crippen molar-refractivity contribution in [3.8, 4) is 0 Å². The van der Waals surface area contributed by atoms with Crippen LogP contribution in [0.3, 0.4) is 0 Å². The average Bonchev–Trinajstić information content (AvgIpc) is 3.34. The van der Waals surface area contributed by atoms with Crippen molar-refractivity contribution < 1.29 is 18.4 Å². The van der Waals surface area contributed by atoms with Gasteiger partial charge in [0.25, 0.3) is 0 Å². The first-order valence-electron chi connectivity index (χ1n) is 13.8. The van der Waals surface area contributed by atoms with E-state index in [4.69, 9.17) is 10.5 Å². The molecule has 4 fully saturated rings. The molecule has 8 nitrogen and oxygen atoms in total. The van der Waals surface area contributed by atoms with Crippen molar-refractivity contribution in [2.75, 3.05) is 46.4 Å². The molecule has 10 unspecified atom stereocenters. The highest BCUT2D eigenvalue weighted by molar-refractivity contribution is 7.98. The molecule has 0 radical (unpaired) electrons. The lowest BCUT2D eigenvalue weighted by Crippen LogP contribution is -2.67. The monoisotopic (exact) mass is 525 g/mol. The van der Waals surface area contributed by atoms with Crippen molar-refractivity contribution >= 4 is 17.9 Å². The fourth-order valence-electron chi connectivity index (χ4n) is 8.24. The molecule has 36 heavy (non-hydrogen) atoms. The van der Waals surface area contributed by atoms with Crippen molar-refractivity contribution in [2.45, 2.75) is 76.1 Å². The Morgan fingerprint density at radius 1 is 1.36 bits per heavy atom. The highest BCUT2D eigenvalue weighted by Crippen LogP contribution is 2.72. The zero-order valence-electron chi connectivity index (χ0n) is 22.6. The Morgan fingerprint density at radius 2 is 2.08 bits per heavy atom. The van der Waals surface area contributed by atoms with Crippen LogP contribution in [0.2, 0.25) is 0 Å². The molecule has 0 bridgehead atoms. The Bertz CT molecular complexity index is 888. The van der Waals surface area contributed by atoms with Crippen LogP contribution in [0.15, 0.2) is 12.0 Å². The SMILES string of the molecule is CC1NSC(NC(=O)C2C(N)NCCC(C)C34CC3(C)CC(F)=C[N+]4(C)C2C)C1CN1CCOCC1. The van der Waals surface area contributed by atoms with Crippen molar-refractivity contribution in [2.24, 2.45) is 28.9 Å². The maximum atomic E-state index is 15.1. The standard InChI is InChI=1S/C26H45FN6O2S/c1-16-6-7-29-22(28)21(18(3)33(5)14-19(27)12-25(4)15-26(16,25)33)23(34)30-24-20(17(2)31-36-24)13-32-8-10-35-11-9-32/h14,16-18,20-22,24,29,31H,6-13,15,28H2,1-5H3/p+1. The minimum Gasteiger partial charge on any atom is -0.379 e. The van der Waals surface area contributed by atoms with Gasteiger partial charge in [0.2, 0.25) is 5.91 Å². The Morgan fingerprint density at radius 3 is 2.81 bits per heavy atom. The van der Waals surface area contributed by atoms with Crippen LogP contribution in [-0.4, -0.2) is 90.9 Å². The number of nitrogens with two attached hydrogens (primary N) is 1. The van der Waals surface area contributed by atoms with Gasteiger partial charge in [-0.15, -0.1) is 0 Å². The van der Waals surface area contributed by atoms with Crippen molar-refractivity contribution in [1.29, 1.82) is 0 Å². The molecular weight excluding hydrogens is 479 g/mol. The smallest absolute Gasteiger partial charge is 0.233 e. The van der Waals surface area contributed by atoms with Crippen molar-refractivity contribution in [3.05, 3.63) is 12.0 Å². The number of carbonyl (C=O) groups excluding carboxylic acids is 1. The van der Waals surface area contributed by atoms with Crippen molar-refractivity contribution in [3.63, 3.8) is 0 Å². The first kappa shape index (κ1) is 26.8. The molecule has 10 heteroatoms. The number of hydrogen-bond acceptors (Lipinski definition) is 7. The molecule has 1 aliphatic carbocycles. The number of rotatable bonds is 4. The van der Waals surface area contributed by atoms with E-state index < -0.39 is 12.1 Å². The second kappa shape index (κ2) is 9.77. The number of hydrogen-bond donors (Lipinski definition) is 4. The van der Waals surface area contributed by atoms with E-state index in [1.165, 1.54) is 0 Å². The molecule has 5 N–H and O–H groups in total. The van der Waals surface area contributed by atoms with Gasteiger partial charge in [-0.3, -0.25) is 18.9 Å². The number of morpholine rings is 1. The summed E-state index contributed by atoms with van der Waals surface area (Å²) < 4.78 is 24.5. The van der Waals surface area contributed by atoms with Crippen LogP contribution in [-0.2, 0) is 9.53 Å². The van der Waals surface area contributed by atoms with Gasteiger partial charge in [-0.1, -0.05) is 25.8 Å². The molecule has 10 atom stereocenters. The number of nitrogens with zero attached hydrogens (tertiary/aromatic N) is 2. The van der Waals surface area contributed by atoms with Crippen LogP contribution in [0.25, 0.3) is 0 Å². The van der Waals surface area contributed by atoms with Gasteiger partial charge in [0.1, 0.15) is 23.7 Å². The summed E-state index contributed by atoms with van der Waals surface area (Å²) in [4.78, 5) is 16.5. The first-order valence-corrected chi connectivity index (χ1v) is 14.6. The lowest BCUT2D eigenvalue weighted by molar-refractivity contribution is -0.932. The highest BCUT2D eigenvalue weighted by Gasteiger charge is 2.79. The summed E-state index contributed by atoms with van der Waals surface area (Å²) in [7, 11) is 2.14. The van der Waals surface area contributed by atoms with Gasteiger partial charge >= 0.3 is 0 Å². The summed E-state index contributed by atoms with van der Waals surface area (Å²) in [6, 6.07) is 0.114. The third-order valence-corrected chi connectivity index (χ3v) is 11.7. The molecule has 4 heterocycles. The summed E-state index contributed by atoms with van der Waals surface area (Å²) in [5.41, 5.74) is 6.56. The molecule has 1 amide bonds. The Balaban J connectivity index is 1.39. The molecular formula is C26H46FN6O2S+. The van der Waals surface area contributed by atoms with E-state index in [0.717, 1.165) is 52.2 Å². The molecule has 4 aliphatic heterocycles. The van der Waals surface area contributed by atoms with Crippen LogP contribution >= 0.6 is 11.9 Å². The number of amides is 1. The van der Waals surface area contributed by atoms with E-state index in [9.17, 15) is 4.79 Å². The summed E-state index contributed by atoms with van der Waals surface area (Å²) in [5.74, 6) is 0.109. The molecule has 1 spiro atoms. The van der Waals surface area contributed by atoms with E-state index >= 15 is 4.39 Å². The van der Waals surface area contributed by atoms with Crippen LogP contribution < -0.4 is 21.1 Å². The summed E-state index contributed by atoms with van der Waals surface area (Å²) in [6.07, 6.45) is 3.77. The fourth-order valence-corrected chi connectivity index (χ4v) is 9.45. The third kappa shape index (κ3) is 4.25. The van der Waals surface area contributed by atoms with E-state index in [1.807, 2.05) is 6.20 Å². The van der Waals surface area contributed by atoms with Crippen LogP contribution in [0, 0.1) is 23.2 Å². The zero-order valence-corrected chi connectivity index (χ0v) is 23.4. The van der Waals surface area contributed by atoms with Gasteiger partial charge in [-0.25, -0.2) is 4.39 Å². The topological polar surface area (TPSA) is 91.6 Å². The van der Waals surface area contributed by atoms with Gasteiger partial charge in [0, 0.05) is 55.8 Å². The molecule has 3 saturated heterocycles. The van der Waals surface area contributed by atoms with E-state index in [-0.39, 0.29) is 46.1 Å². The lowest BCUT2D eigenvalue weighted by Gasteiger charge is -2.52. The molecule has 204 valence electrons. The maximum absolute atomic E-state index is 15.1. The fraction of sp³-hybridized carbons (Fsp3) is 0.885. The molecule has 0 aromatic heterocycles. The predicted octanol–water partition coefficient (Wildman–Crippen LogP) is 1.75. The van der Waals surface area contributed by atoms with E-state index in [2.05, 4.69) is 55.0 Å². The first-order chi connectivity index (χ1) is 17.0. The zero-order chi connectivity index (χ0) is 25.9. The van der Waals surface area contributed by atoms with Gasteiger partial charge < -0.3 is 21.1 Å². The average molecular weight is 526 g/mol. The Hall–Kier alpha value is -0.750. The second-order valence-electron chi connectivity index (χ2n) is 12.5. The minimum atomic E-state index is -0.491. The number of ether oxygens (including phenoxy) is 1. The maximum Gasteiger partial charge on any atom is 0.233 e. The van der Waals surface area contributed by atoms with Gasteiger partial charge in [-0.2, -0.15) is 0 Å². The highest BCUT2D eigenvalue weighted by atomic mass is 32.2. The second-order valence-corrected chi connectivity index (χ2v) is 13.5. The lowest BCUT2D eigenvalue weighted by atomic mass is 9.79. The minimum absolute atomic E-state index is 0.0336. The normalized spacial score (nSPS) is 49.6. The summed E-state index contributed by atoms with van der Waals surface area (Å²) >= 11 is 1.61. The van der Waals surface area contributed by atoms with Crippen LogP contribution in [0.5, 0.6) is 0 Å². The molecule has 0 aromatic rings. The number of quaternary nitrogens is 1. The quantitative estimate of drug-likeness (QED) is 0.328. The van der Waals surface area contributed by atoms with Gasteiger partial charge in [-0.05, 0) is 26.8 Å². The molecule has 5 aliphatic rings. The Kier molecular flexibility index (Phi) is 7.29. The molecule has 1 saturated carbocycles.